The van der Waals surface area contributed by atoms with Gasteiger partial charge in [-0.15, -0.1) is 11.3 Å². The van der Waals surface area contributed by atoms with Crippen LogP contribution in [0.3, 0.4) is 0 Å². The van der Waals surface area contributed by atoms with Gasteiger partial charge in [0.25, 0.3) is 11.8 Å². The van der Waals surface area contributed by atoms with Crippen LogP contribution in [0, 0.1) is 0 Å². The maximum Gasteiger partial charge on any atom is 0.335 e. The molecule has 7 rings (SSSR count). The van der Waals surface area contributed by atoms with E-state index in [0.29, 0.717) is 60.0 Å². The van der Waals surface area contributed by atoms with Crippen LogP contribution >= 0.6 is 11.3 Å². The average Bonchev–Trinajstić information content (AvgIpc) is 4.00. The molecule has 4 N–H and O–H groups in total. The van der Waals surface area contributed by atoms with Gasteiger partial charge in [0.15, 0.2) is 0 Å². The number of amides is 3. The molecule has 57 heavy (non-hydrogen) atoms. The molecule has 1 aliphatic heterocycles. The van der Waals surface area contributed by atoms with Crippen molar-refractivity contribution in [2.45, 2.75) is 102 Å². The lowest BCUT2D eigenvalue weighted by Gasteiger charge is -2.39. The Morgan fingerprint density at radius 1 is 0.719 bits per heavy atom. The zero-order valence-electron chi connectivity index (χ0n) is 32.1. The number of hydrogen-bond acceptors (Lipinski definition) is 7. The Bertz CT molecular complexity index is 2100. The fourth-order valence-corrected chi connectivity index (χ4v) is 9.38. The molecule has 2 aliphatic carbocycles. The maximum absolute atomic E-state index is 13.9. The third-order valence-electron chi connectivity index (χ3n) is 11.4. The van der Waals surface area contributed by atoms with Crippen LogP contribution in [0.25, 0.3) is 0 Å². The number of likely N-dealkylation sites (tertiary alicyclic amines) is 1. The molecular formula is C45H50N4O7S. The molecule has 3 amide bonds. The molecule has 3 aliphatic rings. The minimum atomic E-state index is -0.941. The number of nitrogens with zero attached hydrogens (tertiary/aromatic N) is 2. The Hall–Kier alpha value is -5.33. The number of fused-ring (bicyclic) bond motifs is 1. The Kier molecular flexibility index (Phi) is 12.8. The SMILES string of the molecule is O=C(O)CCCC(=O)N1CCC(N(Cc2cccc(C(=O)Nc3sc4c(c3C(=O)Nc3ccc(CCc5ccc(C(=O)O)cc5)cc3)CCCC4)c2)C2CC2)CC1. The summed E-state index contributed by atoms with van der Waals surface area (Å²) in [6.07, 6.45) is 9.91. The summed E-state index contributed by atoms with van der Waals surface area (Å²) < 4.78 is 0. The molecule has 2 heterocycles. The Morgan fingerprint density at radius 2 is 1.39 bits per heavy atom. The summed E-state index contributed by atoms with van der Waals surface area (Å²) in [5.41, 5.74) is 6.23. The number of piperidine rings is 1. The normalized spacial score (nSPS) is 15.6. The summed E-state index contributed by atoms with van der Waals surface area (Å²) in [6.45, 7) is 2.05. The third-order valence-corrected chi connectivity index (χ3v) is 12.6. The van der Waals surface area contributed by atoms with Gasteiger partial charge in [-0.2, -0.15) is 0 Å². The molecule has 2 fully saturated rings. The summed E-state index contributed by atoms with van der Waals surface area (Å²) in [4.78, 5) is 68.0. The number of carbonyl (C=O) groups excluding carboxylic acids is 3. The number of rotatable bonds is 16. The van der Waals surface area contributed by atoms with Crippen molar-refractivity contribution < 1.29 is 34.2 Å². The van der Waals surface area contributed by atoms with Gasteiger partial charge in [0, 0.05) is 60.7 Å². The molecule has 4 aromatic rings. The number of carbonyl (C=O) groups is 5. The zero-order chi connectivity index (χ0) is 39.9. The van der Waals surface area contributed by atoms with Crippen LogP contribution in [-0.4, -0.2) is 74.8 Å². The third kappa shape index (κ3) is 10.4. The van der Waals surface area contributed by atoms with Crippen molar-refractivity contribution >= 4 is 51.7 Å². The van der Waals surface area contributed by atoms with Gasteiger partial charge >= 0.3 is 11.9 Å². The second kappa shape index (κ2) is 18.3. The van der Waals surface area contributed by atoms with E-state index in [1.54, 1.807) is 12.1 Å². The van der Waals surface area contributed by atoms with Crippen LogP contribution in [0.1, 0.15) is 116 Å². The minimum absolute atomic E-state index is 0.00967. The van der Waals surface area contributed by atoms with Crippen molar-refractivity contribution in [2.75, 3.05) is 23.7 Å². The molecule has 0 atom stereocenters. The van der Waals surface area contributed by atoms with Gasteiger partial charge in [0.1, 0.15) is 5.00 Å². The highest BCUT2D eigenvalue weighted by molar-refractivity contribution is 7.17. The van der Waals surface area contributed by atoms with Crippen LogP contribution in [0.15, 0.2) is 72.8 Å². The zero-order valence-corrected chi connectivity index (χ0v) is 33.0. The lowest BCUT2D eigenvalue weighted by atomic mass is 9.95. The topological polar surface area (TPSA) is 156 Å². The standard InChI is InChI=1S/C45H50N4O7S/c50-39(9-4-10-40(51)52)48-25-23-36(24-26-48)49(35-21-22-35)28-31-5-3-6-33(27-31)42(53)47-44-41(37-7-1-2-8-38(37)57-44)43(54)46-34-19-15-30(16-20-34)12-11-29-13-17-32(18-14-29)45(55)56/h3,5-6,13-20,27,35-36H,1-2,4,7-12,21-26,28H2,(H,46,54)(H,47,53)(H,51,52)(H,55,56). The fourth-order valence-electron chi connectivity index (χ4n) is 8.10. The number of carboxylic acids is 2. The average molecular weight is 791 g/mol. The van der Waals surface area contributed by atoms with Crippen LogP contribution in [-0.2, 0) is 41.8 Å². The molecule has 12 heteroatoms. The monoisotopic (exact) mass is 790 g/mol. The molecular weight excluding hydrogens is 741 g/mol. The van der Waals surface area contributed by atoms with E-state index in [2.05, 4.69) is 21.6 Å². The van der Waals surface area contributed by atoms with Crippen molar-refractivity contribution in [2.24, 2.45) is 0 Å². The molecule has 0 unspecified atom stereocenters. The van der Waals surface area contributed by atoms with Crippen molar-refractivity contribution in [1.82, 2.24) is 9.80 Å². The second-order valence-electron chi connectivity index (χ2n) is 15.5. The van der Waals surface area contributed by atoms with Gasteiger partial charge < -0.3 is 25.7 Å². The van der Waals surface area contributed by atoms with Gasteiger partial charge in [-0.25, -0.2) is 4.79 Å². The Balaban J connectivity index is 0.974. The van der Waals surface area contributed by atoms with Crippen molar-refractivity contribution in [3.05, 3.63) is 117 Å². The lowest BCUT2D eigenvalue weighted by molar-refractivity contribution is -0.137. The Morgan fingerprint density at radius 3 is 2.05 bits per heavy atom. The number of thiophene rings is 1. The molecule has 11 nitrogen and oxygen atoms in total. The van der Waals surface area contributed by atoms with Crippen LogP contribution in [0.5, 0.6) is 0 Å². The molecule has 3 aromatic carbocycles. The van der Waals surface area contributed by atoms with Gasteiger partial charge in [0.2, 0.25) is 5.91 Å². The molecule has 1 saturated heterocycles. The number of carboxylic acid groups (broad SMARTS) is 2. The number of nitrogens with one attached hydrogen (secondary N) is 2. The fraction of sp³-hybridized carbons (Fsp3) is 0.400. The molecule has 298 valence electrons. The van der Waals surface area contributed by atoms with E-state index in [-0.39, 0.29) is 36.1 Å². The van der Waals surface area contributed by atoms with Gasteiger partial charge in [-0.3, -0.25) is 24.1 Å². The van der Waals surface area contributed by atoms with Gasteiger partial charge in [0.05, 0.1) is 11.1 Å². The van der Waals surface area contributed by atoms with Crippen molar-refractivity contribution in [3.63, 3.8) is 0 Å². The van der Waals surface area contributed by atoms with Crippen LogP contribution in [0.4, 0.5) is 10.7 Å². The van der Waals surface area contributed by atoms with E-state index in [1.807, 2.05) is 59.5 Å². The Labute approximate surface area is 337 Å². The first-order valence-corrected chi connectivity index (χ1v) is 21.0. The van der Waals surface area contributed by atoms with Crippen LogP contribution in [0.2, 0.25) is 0 Å². The number of aryl methyl sites for hydroxylation is 3. The minimum Gasteiger partial charge on any atom is -0.481 e. The van der Waals surface area contributed by atoms with Crippen LogP contribution < -0.4 is 10.6 Å². The highest BCUT2D eigenvalue weighted by atomic mass is 32.1. The van der Waals surface area contributed by atoms with E-state index in [0.717, 1.165) is 91.3 Å². The first kappa shape index (κ1) is 39.9. The number of benzene rings is 3. The largest absolute Gasteiger partial charge is 0.481 e. The van der Waals surface area contributed by atoms with E-state index >= 15 is 0 Å². The van der Waals surface area contributed by atoms with Gasteiger partial charge in [-0.1, -0.05) is 36.4 Å². The first-order chi connectivity index (χ1) is 27.6. The summed E-state index contributed by atoms with van der Waals surface area (Å²) in [7, 11) is 0. The number of hydrogen-bond donors (Lipinski definition) is 4. The number of aliphatic carboxylic acids is 1. The summed E-state index contributed by atoms with van der Waals surface area (Å²) in [6, 6.07) is 23.2. The maximum atomic E-state index is 13.9. The predicted octanol–water partition coefficient (Wildman–Crippen LogP) is 7.83. The molecule has 1 aromatic heterocycles. The van der Waals surface area contributed by atoms with Crippen molar-refractivity contribution in [3.8, 4) is 0 Å². The van der Waals surface area contributed by atoms with E-state index < -0.39 is 11.9 Å². The highest BCUT2D eigenvalue weighted by Crippen LogP contribution is 2.39. The summed E-state index contributed by atoms with van der Waals surface area (Å²) in [5, 5.41) is 24.8. The second-order valence-corrected chi connectivity index (χ2v) is 16.6. The lowest BCUT2D eigenvalue weighted by Crippen LogP contribution is -2.47. The van der Waals surface area contributed by atoms with E-state index in [4.69, 9.17) is 10.2 Å². The quantitative estimate of drug-likeness (QED) is 0.0896. The molecule has 0 spiro atoms. The van der Waals surface area contributed by atoms with E-state index in [9.17, 15) is 24.0 Å². The molecule has 0 radical (unpaired) electrons. The van der Waals surface area contributed by atoms with E-state index in [1.165, 1.54) is 11.3 Å². The highest BCUT2D eigenvalue weighted by Gasteiger charge is 2.36. The number of aromatic carboxylic acids is 1. The number of anilines is 2. The first-order valence-electron chi connectivity index (χ1n) is 20.1. The van der Waals surface area contributed by atoms with Crippen molar-refractivity contribution in [1.29, 1.82) is 0 Å². The van der Waals surface area contributed by atoms with Gasteiger partial charge in [-0.05, 0) is 129 Å². The predicted molar refractivity (Wildman–Crippen MR) is 220 cm³/mol. The summed E-state index contributed by atoms with van der Waals surface area (Å²) >= 11 is 1.50. The molecule has 0 bridgehead atoms. The summed E-state index contributed by atoms with van der Waals surface area (Å²) in [5.74, 6) is -2.27. The smallest absolute Gasteiger partial charge is 0.335 e. The molecule has 1 saturated carbocycles.